The zero-order chi connectivity index (χ0) is 17.5. The highest BCUT2D eigenvalue weighted by Crippen LogP contribution is 2.13. The molecule has 0 unspecified atom stereocenters. The van der Waals surface area contributed by atoms with Crippen LogP contribution in [-0.2, 0) is 9.53 Å². The van der Waals surface area contributed by atoms with Crippen LogP contribution < -0.4 is 10.6 Å². The quantitative estimate of drug-likeness (QED) is 0.646. The molecule has 0 fully saturated rings. The number of hydrogen-bond donors (Lipinski definition) is 2. The first-order valence-electron chi connectivity index (χ1n) is 7.26. The monoisotopic (exact) mass is 450 g/mol. The summed E-state index contributed by atoms with van der Waals surface area (Å²) in [5, 5.41) is 5.48. The third-order valence-corrected chi connectivity index (χ3v) is 4.09. The molecule has 0 saturated carbocycles. The van der Waals surface area contributed by atoms with Gasteiger partial charge in [0.25, 0.3) is 0 Å². The minimum atomic E-state index is -0.628. The molecule has 0 saturated heterocycles. The summed E-state index contributed by atoms with van der Waals surface area (Å²) in [6, 6.07) is 6.86. The molecule has 0 aliphatic heterocycles. The number of anilines is 1. The summed E-state index contributed by atoms with van der Waals surface area (Å²) in [6.07, 6.45) is 1.92. The third-order valence-electron chi connectivity index (χ3n) is 2.73. The molecule has 1 rings (SSSR count). The molecule has 23 heavy (non-hydrogen) atoms. The summed E-state index contributed by atoms with van der Waals surface area (Å²) >= 11 is 3.82. The first-order chi connectivity index (χ1) is 10.7. The molecule has 0 spiro atoms. The van der Waals surface area contributed by atoms with Gasteiger partial charge in [-0.2, -0.15) is 11.8 Å². The molecule has 0 aliphatic carbocycles. The van der Waals surface area contributed by atoms with E-state index in [1.54, 1.807) is 32.5 Å². The van der Waals surface area contributed by atoms with Gasteiger partial charge in [-0.3, -0.25) is 4.79 Å². The molecular weight excluding hydrogens is 427 g/mol. The molecule has 0 aromatic heterocycles. The van der Waals surface area contributed by atoms with Crippen LogP contribution in [0.2, 0.25) is 0 Å². The number of hydrogen-bond acceptors (Lipinski definition) is 4. The molecule has 0 heterocycles. The maximum Gasteiger partial charge on any atom is 0.408 e. The maximum absolute atomic E-state index is 12.4. The second-order valence-corrected chi connectivity index (χ2v) is 8.21. The van der Waals surface area contributed by atoms with E-state index in [1.165, 1.54) is 0 Å². The molecule has 0 radical (unpaired) electrons. The number of nitrogens with one attached hydrogen (secondary N) is 2. The highest BCUT2D eigenvalue weighted by molar-refractivity contribution is 14.1. The van der Waals surface area contributed by atoms with Gasteiger partial charge in [0.1, 0.15) is 11.6 Å². The predicted octanol–water partition coefficient (Wildman–Crippen LogP) is 3.88. The molecule has 1 aromatic carbocycles. The fourth-order valence-electron chi connectivity index (χ4n) is 1.72. The Morgan fingerprint density at radius 1 is 1.26 bits per heavy atom. The second-order valence-electron chi connectivity index (χ2n) is 5.98. The van der Waals surface area contributed by atoms with E-state index in [9.17, 15) is 9.59 Å². The first kappa shape index (κ1) is 20.1. The van der Waals surface area contributed by atoms with Crippen LogP contribution in [0.3, 0.4) is 0 Å². The largest absolute Gasteiger partial charge is 0.444 e. The van der Waals surface area contributed by atoms with Gasteiger partial charge < -0.3 is 15.4 Å². The summed E-state index contributed by atoms with van der Waals surface area (Å²) < 4.78 is 6.32. The van der Waals surface area contributed by atoms with E-state index in [-0.39, 0.29) is 5.91 Å². The Hall–Kier alpha value is -0.960. The molecule has 5 nitrogen and oxygen atoms in total. The normalized spacial score (nSPS) is 12.4. The van der Waals surface area contributed by atoms with Crippen LogP contribution >= 0.6 is 34.4 Å². The van der Waals surface area contributed by atoms with Crippen molar-refractivity contribution in [3.05, 3.63) is 27.8 Å². The van der Waals surface area contributed by atoms with E-state index in [2.05, 4.69) is 33.2 Å². The van der Waals surface area contributed by atoms with Crippen molar-refractivity contribution in [2.45, 2.75) is 38.8 Å². The molecule has 0 aliphatic rings. The van der Waals surface area contributed by atoms with E-state index < -0.39 is 17.7 Å². The Labute approximate surface area is 155 Å². The summed E-state index contributed by atoms with van der Waals surface area (Å²) in [7, 11) is 0. The average Bonchev–Trinajstić information content (AvgIpc) is 2.43. The van der Waals surface area contributed by atoms with Gasteiger partial charge in [0.2, 0.25) is 5.91 Å². The van der Waals surface area contributed by atoms with Crippen molar-refractivity contribution >= 4 is 52.0 Å². The number of carbonyl (C=O) groups excluding carboxylic acids is 2. The Bertz CT molecular complexity index is 529. The van der Waals surface area contributed by atoms with Crippen molar-refractivity contribution in [3.8, 4) is 0 Å². The molecule has 1 atom stereocenters. The smallest absolute Gasteiger partial charge is 0.408 e. The maximum atomic E-state index is 12.4. The minimum absolute atomic E-state index is 0.244. The van der Waals surface area contributed by atoms with Crippen LogP contribution in [0.1, 0.15) is 27.2 Å². The van der Waals surface area contributed by atoms with Gasteiger partial charge in [0.05, 0.1) is 0 Å². The second kappa shape index (κ2) is 9.36. The lowest BCUT2D eigenvalue weighted by atomic mass is 10.2. The highest BCUT2D eigenvalue weighted by Gasteiger charge is 2.24. The van der Waals surface area contributed by atoms with Crippen LogP contribution in [0.15, 0.2) is 24.3 Å². The lowest BCUT2D eigenvalue weighted by molar-refractivity contribution is -0.118. The molecule has 128 valence electrons. The van der Waals surface area contributed by atoms with E-state index in [4.69, 9.17) is 4.74 Å². The van der Waals surface area contributed by atoms with E-state index >= 15 is 0 Å². The summed E-state index contributed by atoms with van der Waals surface area (Å²) in [5.41, 5.74) is 0.108. The van der Waals surface area contributed by atoms with Crippen molar-refractivity contribution in [1.29, 1.82) is 0 Å². The average molecular weight is 450 g/mol. The number of rotatable bonds is 6. The fourth-order valence-corrected chi connectivity index (χ4v) is 2.55. The lowest BCUT2D eigenvalue weighted by Gasteiger charge is -2.23. The molecule has 2 N–H and O–H groups in total. The van der Waals surface area contributed by atoms with Gasteiger partial charge in [-0.05, 0) is 86.1 Å². The molecule has 7 heteroatoms. The van der Waals surface area contributed by atoms with Crippen molar-refractivity contribution in [1.82, 2.24) is 5.32 Å². The summed E-state index contributed by atoms with van der Waals surface area (Å²) in [4.78, 5) is 24.3. The number of halogens is 1. The van der Waals surface area contributed by atoms with Crippen LogP contribution in [0.4, 0.5) is 10.5 Å². The van der Waals surface area contributed by atoms with Crippen LogP contribution in [0, 0.1) is 3.57 Å². The van der Waals surface area contributed by atoms with Crippen LogP contribution in [0.25, 0.3) is 0 Å². The van der Waals surface area contributed by atoms with E-state index in [0.29, 0.717) is 12.1 Å². The zero-order valence-corrected chi connectivity index (χ0v) is 16.8. The predicted molar refractivity (Wildman–Crippen MR) is 104 cm³/mol. The highest BCUT2D eigenvalue weighted by atomic mass is 127. The number of carbonyl (C=O) groups is 2. The van der Waals surface area contributed by atoms with Gasteiger partial charge >= 0.3 is 6.09 Å². The summed E-state index contributed by atoms with van der Waals surface area (Å²) in [6.45, 7) is 5.36. The summed E-state index contributed by atoms with van der Waals surface area (Å²) in [5.74, 6) is 0.520. The Balaban J connectivity index is 2.69. The van der Waals surface area contributed by atoms with Crippen molar-refractivity contribution < 1.29 is 14.3 Å². The van der Waals surface area contributed by atoms with Crippen molar-refractivity contribution in [3.63, 3.8) is 0 Å². The fraction of sp³-hybridized carbons (Fsp3) is 0.500. The first-order valence-corrected chi connectivity index (χ1v) is 9.73. The van der Waals surface area contributed by atoms with Crippen LogP contribution in [-0.4, -0.2) is 35.7 Å². The van der Waals surface area contributed by atoms with E-state index in [0.717, 1.165) is 9.32 Å². The van der Waals surface area contributed by atoms with Gasteiger partial charge in [0, 0.05) is 9.26 Å². The number of amides is 2. The van der Waals surface area contributed by atoms with Crippen LogP contribution in [0.5, 0.6) is 0 Å². The third kappa shape index (κ3) is 8.45. The van der Waals surface area contributed by atoms with Gasteiger partial charge in [-0.1, -0.05) is 0 Å². The van der Waals surface area contributed by atoms with Gasteiger partial charge in [-0.15, -0.1) is 0 Å². The molecule has 1 aromatic rings. The Morgan fingerprint density at radius 2 is 1.87 bits per heavy atom. The standard InChI is InChI=1S/C16H23IN2O3S/c1-16(2,3)22-15(21)19-13(9-10-23-4)14(20)18-12-7-5-11(17)6-8-12/h5-8,13H,9-10H2,1-4H3,(H,18,20)(H,19,21)/t13-/m0/s1. The number of benzene rings is 1. The topological polar surface area (TPSA) is 67.4 Å². The Morgan fingerprint density at radius 3 is 2.39 bits per heavy atom. The number of thioether (sulfide) groups is 1. The Kier molecular flexibility index (Phi) is 8.18. The van der Waals surface area contributed by atoms with Gasteiger partial charge in [-0.25, -0.2) is 4.79 Å². The minimum Gasteiger partial charge on any atom is -0.444 e. The number of alkyl carbamates (subject to hydrolysis) is 1. The zero-order valence-electron chi connectivity index (χ0n) is 13.8. The molecule has 2 amide bonds. The SMILES string of the molecule is CSCC[C@H](NC(=O)OC(C)(C)C)C(=O)Nc1ccc(I)cc1. The lowest BCUT2D eigenvalue weighted by Crippen LogP contribution is -2.46. The number of ether oxygens (including phenoxy) is 1. The van der Waals surface area contributed by atoms with Gasteiger partial charge in [0.15, 0.2) is 0 Å². The van der Waals surface area contributed by atoms with Crippen molar-refractivity contribution in [2.24, 2.45) is 0 Å². The molecule has 0 bridgehead atoms. The molecular formula is C16H23IN2O3S. The van der Waals surface area contributed by atoms with E-state index in [1.807, 2.05) is 30.5 Å². The van der Waals surface area contributed by atoms with Crippen molar-refractivity contribution in [2.75, 3.05) is 17.3 Å².